The number of hydrogen-bond donors (Lipinski definition) is 2. The van der Waals surface area contributed by atoms with Crippen LogP contribution in [0.5, 0.6) is 0 Å². The number of carbonyl (C=O) groups is 2. The molecule has 0 saturated carbocycles. The van der Waals surface area contributed by atoms with Crippen molar-refractivity contribution in [2.75, 3.05) is 0 Å². The number of imidazole rings is 1. The number of aryl methyl sites for hydroxylation is 1. The second-order valence-corrected chi connectivity index (χ2v) is 2.71. The number of nitrogens with two attached hydrogens (primary N) is 1. The molecule has 3 N–H and O–H groups in total. The van der Waals surface area contributed by atoms with Gasteiger partial charge in [-0.2, -0.15) is 0 Å². The summed E-state index contributed by atoms with van der Waals surface area (Å²) in [4.78, 5) is 22.7. The number of carboxylic acids is 1. The first-order valence-corrected chi connectivity index (χ1v) is 4.78. The first kappa shape index (κ1) is 17.8. The van der Waals surface area contributed by atoms with Crippen molar-refractivity contribution in [1.82, 2.24) is 9.55 Å². The summed E-state index contributed by atoms with van der Waals surface area (Å²) in [6, 6.07) is 0. The van der Waals surface area contributed by atoms with Gasteiger partial charge in [0.1, 0.15) is 5.82 Å². The molecule has 6 nitrogen and oxygen atoms in total. The van der Waals surface area contributed by atoms with Crippen molar-refractivity contribution in [2.45, 2.75) is 6.92 Å². The van der Waals surface area contributed by atoms with Crippen LogP contribution >= 0.6 is 0 Å². The molecule has 0 saturated heterocycles. The fraction of sp³-hybridized carbons (Fsp3) is 0.0833. The molecule has 1 rings (SSSR count). The van der Waals surface area contributed by atoms with Gasteiger partial charge in [-0.3, -0.25) is 4.79 Å². The molecular formula is C12H17N3O3. The average Bonchev–Trinajstić information content (AvgIpc) is 2.76. The number of aliphatic carboxylic acids is 1. The lowest BCUT2D eigenvalue weighted by atomic mass is 10.6. The van der Waals surface area contributed by atoms with Crippen LogP contribution in [0.1, 0.15) is 5.82 Å². The molecule has 6 heteroatoms. The van der Waals surface area contributed by atoms with Crippen molar-refractivity contribution in [3.8, 4) is 0 Å². The maximum absolute atomic E-state index is 9.47. The van der Waals surface area contributed by atoms with Crippen molar-refractivity contribution in [2.24, 2.45) is 5.73 Å². The molecular weight excluding hydrogens is 234 g/mol. The van der Waals surface area contributed by atoms with Gasteiger partial charge in [-0.05, 0) is 13.0 Å². The van der Waals surface area contributed by atoms with Crippen molar-refractivity contribution in [3.05, 3.63) is 50.1 Å². The van der Waals surface area contributed by atoms with Gasteiger partial charge in [0.25, 0.3) is 0 Å². The Balaban J connectivity index is 0. The molecule has 1 heterocycles. The highest BCUT2D eigenvalue weighted by atomic mass is 16.4. The van der Waals surface area contributed by atoms with E-state index in [4.69, 9.17) is 5.11 Å². The van der Waals surface area contributed by atoms with Gasteiger partial charge in [-0.15, -0.1) is 0 Å². The zero-order chi connectivity index (χ0) is 14.6. The summed E-state index contributed by atoms with van der Waals surface area (Å²) < 4.78 is 1.86. The van der Waals surface area contributed by atoms with Crippen LogP contribution in [-0.4, -0.2) is 26.5 Å². The van der Waals surface area contributed by atoms with Crippen LogP contribution in [0.3, 0.4) is 0 Å². The van der Waals surface area contributed by atoms with E-state index in [0.717, 1.165) is 18.0 Å². The van der Waals surface area contributed by atoms with Gasteiger partial charge in [-0.25, -0.2) is 9.78 Å². The fourth-order valence-corrected chi connectivity index (χ4v) is 0.581. The Bertz CT molecular complexity index is 404. The highest BCUT2D eigenvalue weighted by Crippen LogP contribution is 1.92. The van der Waals surface area contributed by atoms with E-state index in [0.29, 0.717) is 0 Å². The van der Waals surface area contributed by atoms with Crippen LogP contribution in [0.15, 0.2) is 44.3 Å². The molecule has 1 amide bonds. The van der Waals surface area contributed by atoms with E-state index in [2.05, 4.69) is 30.5 Å². The smallest absolute Gasteiger partial charge is 0.327 e. The molecule has 0 unspecified atom stereocenters. The van der Waals surface area contributed by atoms with Crippen LogP contribution in [0.2, 0.25) is 0 Å². The fourth-order valence-electron chi connectivity index (χ4n) is 0.581. The van der Waals surface area contributed by atoms with Gasteiger partial charge in [0, 0.05) is 24.7 Å². The molecule has 0 spiro atoms. The number of carbonyl (C=O) groups excluding carboxylic acids is 1. The van der Waals surface area contributed by atoms with E-state index in [1.807, 2.05) is 17.7 Å². The third kappa shape index (κ3) is 11.4. The highest BCUT2D eigenvalue weighted by molar-refractivity contribution is 5.84. The molecule has 0 aliphatic rings. The molecule has 1 aromatic heterocycles. The predicted molar refractivity (Wildman–Crippen MR) is 70.6 cm³/mol. The van der Waals surface area contributed by atoms with Gasteiger partial charge in [0.05, 0.1) is 0 Å². The SMILES string of the molecule is C=CC(=O)O.C=CC(N)=O.C=Cn1ccnc1C. The van der Waals surface area contributed by atoms with Crippen LogP contribution in [-0.2, 0) is 9.59 Å². The number of hydrogen-bond acceptors (Lipinski definition) is 3. The largest absolute Gasteiger partial charge is 0.478 e. The van der Waals surface area contributed by atoms with E-state index in [1.54, 1.807) is 12.4 Å². The third-order valence-electron chi connectivity index (χ3n) is 1.43. The van der Waals surface area contributed by atoms with Crippen molar-refractivity contribution in [3.63, 3.8) is 0 Å². The normalized spacial score (nSPS) is 7.61. The number of amides is 1. The average molecular weight is 251 g/mol. The number of primary amides is 1. The van der Waals surface area contributed by atoms with Crippen LogP contribution in [0, 0.1) is 6.92 Å². The summed E-state index contributed by atoms with van der Waals surface area (Å²) in [7, 11) is 0. The standard InChI is InChI=1S/C6H8N2.C3H5NO.C3H4O2/c1-3-8-5-4-7-6(8)2;2*1-2-3(4)5/h3-5H,1H2,2H3;2H,1H2,(H2,4,5);2H,1H2,(H,4,5). The Morgan fingerprint density at radius 2 is 1.83 bits per heavy atom. The third-order valence-corrected chi connectivity index (χ3v) is 1.43. The van der Waals surface area contributed by atoms with Gasteiger partial charge in [-0.1, -0.05) is 19.7 Å². The van der Waals surface area contributed by atoms with E-state index in [1.165, 1.54) is 0 Å². The number of aromatic nitrogens is 2. The zero-order valence-electron chi connectivity index (χ0n) is 10.2. The molecule has 18 heavy (non-hydrogen) atoms. The molecule has 0 fully saturated rings. The Morgan fingerprint density at radius 1 is 1.39 bits per heavy atom. The lowest BCUT2D eigenvalue weighted by Crippen LogP contribution is -2.04. The summed E-state index contributed by atoms with van der Waals surface area (Å²) in [6.07, 6.45) is 7.22. The lowest BCUT2D eigenvalue weighted by Gasteiger charge is -1.90. The van der Waals surface area contributed by atoms with Gasteiger partial charge in [0.2, 0.25) is 5.91 Å². The van der Waals surface area contributed by atoms with Crippen LogP contribution in [0.4, 0.5) is 0 Å². The maximum atomic E-state index is 9.47. The molecule has 0 aliphatic carbocycles. The summed E-state index contributed by atoms with van der Waals surface area (Å²) >= 11 is 0. The molecule has 1 aromatic rings. The molecule has 98 valence electrons. The zero-order valence-corrected chi connectivity index (χ0v) is 10.2. The topological polar surface area (TPSA) is 98.2 Å². The monoisotopic (exact) mass is 251 g/mol. The Kier molecular flexibility index (Phi) is 10.7. The summed E-state index contributed by atoms with van der Waals surface area (Å²) in [6.45, 7) is 11.6. The number of rotatable bonds is 3. The van der Waals surface area contributed by atoms with E-state index < -0.39 is 11.9 Å². The van der Waals surface area contributed by atoms with Gasteiger partial charge < -0.3 is 15.4 Å². The van der Waals surface area contributed by atoms with Crippen LogP contribution < -0.4 is 5.73 Å². The van der Waals surface area contributed by atoms with Gasteiger partial charge >= 0.3 is 5.97 Å². The lowest BCUT2D eigenvalue weighted by molar-refractivity contribution is -0.131. The first-order valence-electron chi connectivity index (χ1n) is 4.78. The minimum atomic E-state index is -0.981. The Hall–Kier alpha value is -2.63. The highest BCUT2D eigenvalue weighted by Gasteiger charge is 1.86. The summed E-state index contributed by atoms with van der Waals surface area (Å²) in [5.74, 6) is -0.491. The maximum Gasteiger partial charge on any atom is 0.327 e. The second kappa shape index (κ2) is 10.9. The van der Waals surface area contributed by atoms with Crippen LogP contribution in [0.25, 0.3) is 6.20 Å². The summed E-state index contributed by atoms with van der Waals surface area (Å²) in [5.41, 5.74) is 4.53. The molecule has 0 aliphatic heterocycles. The Labute approximate surface area is 106 Å². The van der Waals surface area contributed by atoms with Crippen molar-refractivity contribution < 1.29 is 14.7 Å². The summed E-state index contributed by atoms with van der Waals surface area (Å²) in [5, 5.41) is 7.60. The van der Waals surface area contributed by atoms with Crippen molar-refractivity contribution in [1.29, 1.82) is 0 Å². The first-order chi connectivity index (χ1) is 8.38. The minimum absolute atomic E-state index is 0.481. The van der Waals surface area contributed by atoms with E-state index >= 15 is 0 Å². The molecule has 0 aromatic carbocycles. The van der Waals surface area contributed by atoms with Gasteiger partial charge in [0.15, 0.2) is 0 Å². The Morgan fingerprint density at radius 3 is 1.94 bits per heavy atom. The van der Waals surface area contributed by atoms with Crippen molar-refractivity contribution >= 4 is 18.1 Å². The number of carboxylic acid groups (broad SMARTS) is 1. The molecule has 0 bridgehead atoms. The minimum Gasteiger partial charge on any atom is -0.478 e. The number of nitrogens with zero attached hydrogens (tertiary/aromatic N) is 2. The van der Waals surface area contributed by atoms with E-state index in [9.17, 15) is 9.59 Å². The molecule has 0 radical (unpaired) electrons. The second-order valence-electron chi connectivity index (χ2n) is 2.71. The molecule has 0 atom stereocenters. The predicted octanol–water partition coefficient (Wildman–Crippen LogP) is 1.21. The van der Waals surface area contributed by atoms with E-state index in [-0.39, 0.29) is 0 Å². The quantitative estimate of drug-likeness (QED) is 0.789.